The fourth-order valence-corrected chi connectivity index (χ4v) is 1.26. The van der Waals surface area contributed by atoms with Crippen LogP contribution in [0.2, 0.25) is 0 Å². The Balaban J connectivity index is 2.35. The van der Waals surface area contributed by atoms with Crippen LogP contribution >= 0.6 is 0 Å². The predicted molar refractivity (Wildman–Crippen MR) is 52.8 cm³/mol. The molecular weight excluding hydrogens is 221 g/mol. The van der Waals surface area contributed by atoms with E-state index in [0.717, 1.165) is 0 Å². The van der Waals surface area contributed by atoms with Gasteiger partial charge in [0, 0.05) is 12.6 Å². The topological polar surface area (TPSA) is 42.7 Å². The summed E-state index contributed by atoms with van der Waals surface area (Å²) in [6, 6.07) is 0.155. The van der Waals surface area contributed by atoms with E-state index in [4.69, 9.17) is 0 Å². The summed E-state index contributed by atoms with van der Waals surface area (Å²) in [7, 11) is 0. The molecule has 1 aromatic heterocycles. The minimum absolute atomic E-state index is 0.103. The Morgan fingerprint density at radius 2 is 2.12 bits per heavy atom. The van der Waals surface area contributed by atoms with Gasteiger partial charge in [0.25, 0.3) is 0 Å². The van der Waals surface area contributed by atoms with E-state index in [1.807, 2.05) is 13.8 Å². The van der Waals surface area contributed by atoms with E-state index < -0.39 is 12.6 Å². The SMILES string of the molecule is CC(C)n1ncnc1CNCCC(F)(F)F. The molecule has 0 amide bonds. The number of nitrogens with zero attached hydrogens (tertiary/aromatic N) is 3. The molecule has 0 radical (unpaired) electrons. The van der Waals surface area contributed by atoms with Gasteiger partial charge in [-0.15, -0.1) is 0 Å². The van der Waals surface area contributed by atoms with E-state index in [1.54, 1.807) is 4.68 Å². The van der Waals surface area contributed by atoms with Gasteiger partial charge in [0.1, 0.15) is 12.2 Å². The first kappa shape index (κ1) is 13.0. The summed E-state index contributed by atoms with van der Waals surface area (Å²) in [5, 5.41) is 6.68. The van der Waals surface area contributed by atoms with Gasteiger partial charge >= 0.3 is 6.18 Å². The van der Waals surface area contributed by atoms with E-state index in [2.05, 4.69) is 15.4 Å². The monoisotopic (exact) mass is 236 g/mol. The lowest BCUT2D eigenvalue weighted by Gasteiger charge is -2.10. The van der Waals surface area contributed by atoms with Gasteiger partial charge in [0.15, 0.2) is 0 Å². The number of rotatable bonds is 5. The molecule has 0 spiro atoms. The molecule has 0 unspecified atom stereocenters. The Labute approximate surface area is 91.9 Å². The summed E-state index contributed by atoms with van der Waals surface area (Å²) >= 11 is 0. The lowest BCUT2D eigenvalue weighted by molar-refractivity contribution is -0.133. The van der Waals surface area contributed by atoms with Gasteiger partial charge < -0.3 is 5.32 Å². The summed E-state index contributed by atoms with van der Waals surface area (Å²) in [5.41, 5.74) is 0. The lowest BCUT2D eigenvalue weighted by Crippen LogP contribution is -2.23. The Hall–Kier alpha value is -1.11. The predicted octanol–water partition coefficient (Wildman–Crippen LogP) is 1.90. The minimum Gasteiger partial charge on any atom is -0.310 e. The second-order valence-electron chi connectivity index (χ2n) is 3.76. The van der Waals surface area contributed by atoms with Gasteiger partial charge in [-0.2, -0.15) is 18.3 Å². The summed E-state index contributed by atoms with van der Waals surface area (Å²) in [6.45, 7) is 4.07. The van der Waals surface area contributed by atoms with Crippen molar-refractivity contribution in [3.05, 3.63) is 12.2 Å². The first-order chi connectivity index (χ1) is 7.40. The van der Waals surface area contributed by atoms with Crippen molar-refractivity contribution < 1.29 is 13.2 Å². The number of halogens is 3. The third-order valence-electron chi connectivity index (χ3n) is 2.00. The maximum atomic E-state index is 11.9. The lowest BCUT2D eigenvalue weighted by atomic mass is 10.4. The van der Waals surface area contributed by atoms with E-state index in [1.165, 1.54) is 6.33 Å². The summed E-state index contributed by atoms with van der Waals surface area (Å²) in [4.78, 5) is 3.98. The molecule has 1 heterocycles. The second kappa shape index (κ2) is 5.29. The van der Waals surface area contributed by atoms with Gasteiger partial charge in [-0.3, -0.25) is 0 Å². The zero-order chi connectivity index (χ0) is 12.2. The molecule has 92 valence electrons. The van der Waals surface area contributed by atoms with Crippen molar-refractivity contribution in [2.45, 2.75) is 39.0 Å². The Morgan fingerprint density at radius 3 is 2.69 bits per heavy atom. The highest BCUT2D eigenvalue weighted by Gasteiger charge is 2.25. The quantitative estimate of drug-likeness (QED) is 0.794. The van der Waals surface area contributed by atoms with Crippen molar-refractivity contribution in [3.8, 4) is 0 Å². The van der Waals surface area contributed by atoms with Gasteiger partial charge in [0.05, 0.1) is 13.0 Å². The van der Waals surface area contributed by atoms with Crippen LogP contribution in [-0.4, -0.2) is 27.5 Å². The van der Waals surface area contributed by atoms with Crippen molar-refractivity contribution in [1.29, 1.82) is 0 Å². The first-order valence-corrected chi connectivity index (χ1v) is 5.06. The molecule has 0 aliphatic carbocycles. The summed E-state index contributed by atoms with van der Waals surface area (Å²) in [5.74, 6) is 0.650. The van der Waals surface area contributed by atoms with Crippen LogP contribution in [0.1, 0.15) is 32.1 Å². The molecule has 7 heteroatoms. The fraction of sp³-hybridized carbons (Fsp3) is 0.778. The molecule has 0 aliphatic rings. The van der Waals surface area contributed by atoms with Crippen LogP contribution in [0.15, 0.2) is 6.33 Å². The molecule has 1 rings (SSSR count). The highest BCUT2D eigenvalue weighted by molar-refractivity contribution is 4.85. The van der Waals surface area contributed by atoms with Crippen LogP contribution in [0.25, 0.3) is 0 Å². The molecule has 0 saturated heterocycles. The highest BCUT2D eigenvalue weighted by atomic mass is 19.4. The Kier molecular flexibility index (Phi) is 4.28. The largest absolute Gasteiger partial charge is 0.390 e. The van der Waals surface area contributed by atoms with Crippen LogP contribution in [-0.2, 0) is 6.54 Å². The molecule has 0 saturated carbocycles. The van der Waals surface area contributed by atoms with Crippen molar-refractivity contribution in [3.63, 3.8) is 0 Å². The maximum Gasteiger partial charge on any atom is 0.390 e. The first-order valence-electron chi connectivity index (χ1n) is 5.06. The van der Waals surface area contributed by atoms with E-state index in [0.29, 0.717) is 12.4 Å². The number of aromatic nitrogens is 3. The third kappa shape index (κ3) is 4.18. The van der Waals surface area contributed by atoms with E-state index in [9.17, 15) is 13.2 Å². The molecule has 4 nitrogen and oxygen atoms in total. The molecule has 0 aromatic carbocycles. The van der Waals surface area contributed by atoms with Crippen molar-refractivity contribution in [2.24, 2.45) is 0 Å². The molecule has 0 atom stereocenters. The average molecular weight is 236 g/mol. The van der Waals surface area contributed by atoms with Crippen LogP contribution in [0.5, 0.6) is 0 Å². The van der Waals surface area contributed by atoms with Crippen molar-refractivity contribution in [1.82, 2.24) is 20.1 Å². The zero-order valence-electron chi connectivity index (χ0n) is 9.25. The number of hydrogen-bond donors (Lipinski definition) is 1. The average Bonchev–Trinajstić information content (AvgIpc) is 2.58. The molecule has 0 fully saturated rings. The standard InChI is InChI=1S/C9H15F3N4/c1-7(2)16-8(14-6-15-16)5-13-4-3-9(10,11)12/h6-7,13H,3-5H2,1-2H3. The summed E-state index contributed by atoms with van der Waals surface area (Å²) < 4.78 is 37.2. The Morgan fingerprint density at radius 1 is 1.44 bits per heavy atom. The van der Waals surface area contributed by atoms with Crippen molar-refractivity contribution in [2.75, 3.05) is 6.54 Å². The van der Waals surface area contributed by atoms with E-state index in [-0.39, 0.29) is 12.6 Å². The molecule has 16 heavy (non-hydrogen) atoms. The van der Waals surface area contributed by atoms with Gasteiger partial charge in [-0.25, -0.2) is 9.67 Å². The number of nitrogens with one attached hydrogen (secondary N) is 1. The number of alkyl halides is 3. The normalized spacial score (nSPS) is 12.4. The van der Waals surface area contributed by atoms with Crippen LogP contribution in [0, 0.1) is 0 Å². The molecule has 1 N–H and O–H groups in total. The third-order valence-corrected chi connectivity index (χ3v) is 2.00. The Bertz CT molecular complexity index is 319. The zero-order valence-corrected chi connectivity index (χ0v) is 9.25. The smallest absolute Gasteiger partial charge is 0.310 e. The minimum atomic E-state index is -4.11. The van der Waals surface area contributed by atoms with Crippen LogP contribution < -0.4 is 5.32 Å². The molecular formula is C9H15F3N4. The van der Waals surface area contributed by atoms with Gasteiger partial charge in [0.2, 0.25) is 0 Å². The second-order valence-corrected chi connectivity index (χ2v) is 3.76. The number of hydrogen-bond acceptors (Lipinski definition) is 3. The van der Waals surface area contributed by atoms with Crippen molar-refractivity contribution >= 4 is 0 Å². The maximum absolute atomic E-state index is 11.9. The fourth-order valence-electron chi connectivity index (χ4n) is 1.26. The highest BCUT2D eigenvalue weighted by Crippen LogP contribution is 2.18. The molecule has 1 aromatic rings. The van der Waals surface area contributed by atoms with Crippen LogP contribution in [0.4, 0.5) is 13.2 Å². The summed E-state index contributed by atoms with van der Waals surface area (Å²) in [6.07, 6.45) is -3.54. The van der Waals surface area contributed by atoms with Gasteiger partial charge in [-0.05, 0) is 13.8 Å². The van der Waals surface area contributed by atoms with Crippen LogP contribution in [0.3, 0.4) is 0 Å². The van der Waals surface area contributed by atoms with Gasteiger partial charge in [-0.1, -0.05) is 0 Å². The molecule has 0 bridgehead atoms. The molecule has 0 aliphatic heterocycles. The van der Waals surface area contributed by atoms with E-state index >= 15 is 0 Å².